The van der Waals surface area contributed by atoms with Crippen molar-refractivity contribution in [1.82, 2.24) is 5.32 Å². The molecule has 2 atom stereocenters. The van der Waals surface area contributed by atoms with Crippen molar-refractivity contribution in [2.24, 2.45) is 0 Å². The third kappa shape index (κ3) is 3.60. The third-order valence-corrected chi connectivity index (χ3v) is 5.58. The number of amides is 1. The van der Waals surface area contributed by atoms with Crippen LogP contribution >= 0.6 is 23.2 Å². The molecule has 1 heterocycles. The van der Waals surface area contributed by atoms with E-state index >= 15 is 0 Å². The fourth-order valence-corrected chi connectivity index (χ4v) is 3.50. The molecule has 0 saturated carbocycles. The number of aliphatic hydroxyl groups is 1. The van der Waals surface area contributed by atoms with E-state index < -0.39 is 29.5 Å². The molecular weight excluding hydrogens is 408 g/mol. The lowest BCUT2D eigenvalue weighted by atomic mass is 9.85. The van der Waals surface area contributed by atoms with E-state index in [2.05, 4.69) is 5.32 Å². The molecule has 0 unspecified atom stereocenters. The van der Waals surface area contributed by atoms with Crippen LogP contribution in [0.1, 0.15) is 53.1 Å². The van der Waals surface area contributed by atoms with E-state index in [9.17, 15) is 19.1 Å². The number of ether oxygens (including phenoxy) is 1. The molecule has 8 heteroatoms. The van der Waals surface area contributed by atoms with Crippen LogP contribution in [0.2, 0.25) is 10.0 Å². The van der Waals surface area contributed by atoms with Gasteiger partial charge in [0.15, 0.2) is 5.78 Å². The van der Waals surface area contributed by atoms with Gasteiger partial charge in [0.2, 0.25) is 0 Å². The first-order chi connectivity index (χ1) is 13.0. The topological polar surface area (TPSA) is 75.6 Å². The van der Waals surface area contributed by atoms with Gasteiger partial charge in [-0.3, -0.25) is 9.59 Å². The normalized spacial score (nSPS) is 20.1. The maximum absolute atomic E-state index is 13.5. The van der Waals surface area contributed by atoms with E-state index in [4.69, 9.17) is 27.9 Å². The molecule has 2 aromatic carbocycles. The summed E-state index contributed by atoms with van der Waals surface area (Å²) in [6, 6.07) is 6.17. The minimum absolute atomic E-state index is 0.0335. The van der Waals surface area contributed by atoms with Gasteiger partial charge in [0.25, 0.3) is 5.91 Å². The number of fused-ring (bicyclic) bond motifs is 1. The van der Waals surface area contributed by atoms with E-state index in [1.165, 1.54) is 13.0 Å². The summed E-state index contributed by atoms with van der Waals surface area (Å²) in [5, 5.41) is 12.9. The maximum Gasteiger partial charge on any atom is 0.253 e. The van der Waals surface area contributed by atoms with Crippen LogP contribution in [0.15, 0.2) is 30.3 Å². The molecule has 0 aliphatic carbocycles. The Labute approximate surface area is 171 Å². The number of benzene rings is 2. The molecule has 3 rings (SSSR count). The monoisotopic (exact) mass is 425 g/mol. The van der Waals surface area contributed by atoms with Crippen molar-refractivity contribution in [3.05, 3.63) is 62.9 Å². The summed E-state index contributed by atoms with van der Waals surface area (Å²) in [6.45, 7) is 4.78. The second kappa shape index (κ2) is 7.35. The van der Waals surface area contributed by atoms with Crippen molar-refractivity contribution in [1.29, 1.82) is 0 Å². The van der Waals surface area contributed by atoms with Gasteiger partial charge in [-0.25, -0.2) is 4.39 Å². The summed E-state index contributed by atoms with van der Waals surface area (Å²) in [7, 11) is 0. The molecule has 0 radical (unpaired) electrons. The molecule has 2 N–H and O–H groups in total. The quantitative estimate of drug-likeness (QED) is 0.566. The number of rotatable bonds is 3. The summed E-state index contributed by atoms with van der Waals surface area (Å²) in [6.07, 6.45) is -1.12. The maximum atomic E-state index is 13.5. The summed E-state index contributed by atoms with van der Waals surface area (Å²) < 4.78 is 19.4. The number of aliphatic hydroxyl groups excluding tert-OH is 1. The number of carbonyl (C=O) groups excluding carboxylic acids is 2. The highest BCUT2D eigenvalue weighted by molar-refractivity contribution is 6.44. The number of halogens is 3. The number of carbonyl (C=O) groups is 2. The van der Waals surface area contributed by atoms with Gasteiger partial charge in [-0.2, -0.15) is 0 Å². The zero-order valence-electron chi connectivity index (χ0n) is 15.3. The van der Waals surface area contributed by atoms with Crippen LogP contribution in [0.3, 0.4) is 0 Å². The average Bonchev–Trinajstić information content (AvgIpc) is 2.62. The van der Waals surface area contributed by atoms with E-state index in [1.807, 2.05) is 0 Å². The van der Waals surface area contributed by atoms with Crippen LogP contribution in [0.25, 0.3) is 0 Å². The fourth-order valence-electron chi connectivity index (χ4n) is 3.10. The van der Waals surface area contributed by atoms with Gasteiger partial charge in [-0.05, 0) is 51.1 Å². The zero-order chi connectivity index (χ0) is 20.8. The third-order valence-electron chi connectivity index (χ3n) is 4.72. The predicted molar refractivity (Wildman–Crippen MR) is 104 cm³/mol. The van der Waals surface area contributed by atoms with E-state index in [0.717, 1.165) is 6.07 Å². The van der Waals surface area contributed by atoms with Crippen molar-refractivity contribution < 1.29 is 23.8 Å². The van der Waals surface area contributed by atoms with Crippen molar-refractivity contribution >= 4 is 34.9 Å². The first-order valence-corrected chi connectivity index (χ1v) is 9.25. The standard InChI is InChI=1S/C20H18Cl2FNO4/c1-9(25)10-4-7-14-12(8-10)17(18(26)20(2,3)28-14)24-19(27)11-5-6-13(23)16(22)15(11)21/h4-8,17-18,26H,1-3H3,(H,24,27)/t17-,18-/m0/s1. The molecule has 28 heavy (non-hydrogen) atoms. The summed E-state index contributed by atoms with van der Waals surface area (Å²) in [4.78, 5) is 24.5. The molecule has 1 aliphatic rings. The van der Waals surface area contributed by atoms with Crippen LogP contribution in [0.4, 0.5) is 4.39 Å². The summed E-state index contributed by atoms with van der Waals surface area (Å²) >= 11 is 11.8. The zero-order valence-corrected chi connectivity index (χ0v) is 16.9. The predicted octanol–water partition coefficient (Wildman–Crippen LogP) is 4.34. The Morgan fingerprint density at radius 2 is 1.86 bits per heavy atom. The Balaban J connectivity index is 2.03. The van der Waals surface area contributed by atoms with Crippen molar-refractivity contribution in [2.45, 2.75) is 38.5 Å². The molecule has 148 valence electrons. The van der Waals surface area contributed by atoms with Crippen LogP contribution < -0.4 is 10.1 Å². The molecule has 0 saturated heterocycles. The Bertz CT molecular complexity index is 977. The number of ketones is 1. The smallest absolute Gasteiger partial charge is 0.253 e. The minimum atomic E-state index is -1.12. The van der Waals surface area contributed by atoms with Crippen molar-refractivity contribution in [3.8, 4) is 5.75 Å². The molecule has 0 spiro atoms. The first-order valence-electron chi connectivity index (χ1n) is 8.49. The average molecular weight is 426 g/mol. The number of hydrogen-bond acceptors (Lipinski definition) is 4. The van der Waals surface area contributed by atoms with E-state index in [-0.39, 0.29) is 21.4 Å². The Kier molecular flexibility index (Phi) is 5.40. The number of Topliss-reactive ketones (excluding diaryl/α,β-unsaturated/α-hetero) is 1. The lowest BCUT2D eigenvalue weighted by Crippen LogP contribution is -2.53. The molecule has 2 aromatic rings. The van der Waals surface area contributed by atoms with Gasteiger partial charge in [-0.1, -0.05) is 23.2 Å². The van der Waals surface area contributed by atoms with Gasteiger partial charge < -0.3 is 15.2 Å². The number of nitrogens with one attached hydrogen (secondary N) is 1. The SMILES string of the molecule is CC(=O)c1ccc2c(c1)[C@H](NC(=O)c1ccc(F)c(Cl)c1Cl)[C@H](O)C(C)(C)O2. The second-order valence-electron chi connectivity index (χ2n) is 7.13. The minimum Gasteiger partial charge on any atom is -0.485 e. The molecule has 1 aliphatic heterocycles. The van der Waals surface area contributed by atoms with Gasteiger partial charge >= 0.3 is 0 Å². The van der Waals surface area contributed by atoms with Crippen molar-refractivity contribution in [2.75, 3.05) is 0 Å². The Morgan fingerprint density at radius 1 is 1.18 bits per heavy atom. The number of hydrogen-bond donors (Lipinski definition) is 2. The summed E-state index contributed by atoms with van der Waals surface area (Å²) in [5.41, 5.74) is -0.171. The highest BCUT2D eigenvalue weighted by Crippen LogP contribution is 2.40. The highest BCUT2D eigenvalue weighted by atomic mass is 35.5. The lowest BCUT2D eigenvalue weighted by molar-refractivity contribution is -0.0627. The van der Waals surface area contributed by atoms with Crippen LogP contribution in [0, 0.1) is 5.82 Å². The van der Waals surface area contributed by atoms with E-state index in [1.54, 1.807) is 32.0 Å². The first kappa shape index (κ1) is 20.6. The van der Waals surface area contributed by atoms with Gasteiger partial charge in [-0.15, -0.1) is 0 Å². The van der Waals surface area contributed by atoms with Crippen LogP contribution in [-0.2, 0) is 0 Å². The van der Waals surface area contributed by atoms with Crippen molar-refractivity contribution in [3.63, 3.8) is 0 Å². The molecule has 1 amide bonds. The Hall–Kier alpha value is -2.15. The molecule has 0 fully saturated rings. The summed E-state index contributed by atoms with van der Waals surface area (Å²) in [5.74, 6) is -1.12. The van der Waals surface area contributed by atoms with Gasteiger partial charge in [0, 0.05) is 11.1 Å². The van der Waals surface area contributed by atoms with Crippen LogP contribution in [0.5, 0.6) is 5.75 Å². The van der Waals surface area contributed by atoms with E-state index in [0.29, 0.717) is 16.9 Å². The highest BCUT2D eigenvalue weighted by Gasteiger charge is 2.44. The van der Waals surface area contributed by atoms with Crippen LogP contribution in [-0.4, -0.2) is 28.5 Å². The van der Waals surface area contributed by atoms with Gasteiger partial charge in [0.1, 0.15) is 23.3 Å². The fraction of sp³-hybridized carbons (Fsp3) is 0.300. The largest absolute Gasteiger partial charge is 0.485 e. The Morgan fingerprint density at radius 3 is 2.50 bits per heavy atom. The lowest BCUT2D eigenvalue weighted by Gasteiger charge is -2.42. The molecule has 0 bridgehead atoms. The molecule has 0 aromatic heterocycles. The molecular formula is C20H18Cl2FNO4. The second-order valence-corrected chi connectivity index (χ2v) is 7.89. The molecule has 5 nitrogen and oxygen atoms in total. The van der Waals surface area contributed by atoms with Gasteiger partial charge in [0.05, 0.1) is 21.7 Å².